The van der Waals surface area contributed by atoms with Crippen molar-refractivity contribution >= 4 is 15.9 Å². The Kier molecular flexibility index (Phi) is 6.76. The Morgan fingerprint density at radius 1 is 1.12 bits per heavy atom. The maximum atomic E-state index is 12.5. The van der Waals surface area contributed by atoms with Crippen LogP contribution in [-0.2, 0) is 16.6 Å². The summed E-state index contributed by atoms with van der Waals surface area (Å²) in [4.78, 5) is 12.2. The van der Waals surface area contributed by atoms with E-state index in [4.69, 9.17) is 4.74 Å². The Morgan fingerprint density at radius 2 is 1.77 bits per heavy atom. The molecular weight excluding hydrogens is 352 g/mol. The van der Waals surface area contributed by atoms with Gasteiger partial charge in [-0.3, -0.25) is 4.79 Å². The maximum absolute atomic E-state index is 12.5. The van der Waals surface area contributed by atoms with E-state index in [0.717, 1.165) is 12.0 Å². The highest BCUT2D eigenvalue weighted by Gasteiger charge is 2.16. The third-order valence-corrected chi connectivity index (χ3v) is 5.48. The molecule has 0 aliphatic heterocycles. The van der Waals surface area contributed by atoms with E-state index >= 15 is 0 Å². The van der Waals surface area contributed by atoms with Crippen molar-refractivity contribution in [1.82, 2.24) is 10.0 Å². The molecule has 0 aliphatic carbocycles. The number of nitrogens with one attached hydrogen (secondary N) is 2. The highest BCUT2D eigenvalue weighted by atomic mass is 32.2. The molecule has 140 valence electrons. The first kappa shape index (κ1) is 19.9. The van der Waals surface area contributed by atoms with Crippen LogP contribution in [0, 0.1) is 0 Å². The number of hydrogen-bond donors (Lipinski definition) is 2. The van der Waals surface area contributed by atoms with Gasteiger partial charge in [0.05, 0.1) is 12.0 Å². The number of carbonyl (C=O) groups excluding carboxylic acids is 1. The van der Waals surface area contributed by atoms with Gasteiger partial charge in [0.25, 0.3) is 5.91 Å². The molecule has 2 N–H and O–H groups in total. The van der Waals surface area contributed by atoms with Gasteiger partial charge >= 0.3 is 0 Å². The second-order valence-corrected chi connectivity index (χ2v) is 7.71. The predicted molar refractivity (Wildman–Crippen MR) is 101 cm³/mol. The van der Waals surface area contributed by atoms with Gasteiger partial charge in [0.1, 0.15) is 5.75 Å². The second-order valence-electron chi connectivity index (χ2n) is 5.94. The summed E-state index contributed by atoms with van der Waals surface area (Å²) < 4.78 is 32.7. The van der Waals surface area contributed by atoms with Crippen LogP contribution in [0.2, 0.25) is 0 Å². The zero-order valence-corrected chi connectivity index (χ0v) is 16.0. The molecule has 2 rings (SSSR count). The lowest BCUT2D eigenvalue weighted by Gasteiger charge is -2.12. The van der Waals surface area contributed by atoms with Gasteiger partial charge in [0.2, 0.25) is 10.0 Å². The second kappa shape index (κ2) is 8.82. The normalized spacial score (nSPS) is 12.4. The molecule has 0 radical (unpaired) electrons. The molecule has 6 nitrogen and oxygen atoms in total. The number of para-hydroxylation sites is 1. The number of hydrogen-bond acceptors (Lipinski definition) is 4. The molecule has 2 aromatic rings. The fraction of sp³-hybridized carbons (Fsp3) is 0.316. The fourth-order valence-electron chi connectivity index (χ4n) is 2.30. The van der Waals surface area contributed by atoms with E-state index in [1.165, 1.54) is 31.4 Å². The molecule has 1 atom stereocenters. The van der Waals surface area contributed by atoms with Crippen LogP contribution in [0.3, 0.4) is 0 Å². The summed E-state index contributed by atoms with van der Waals surface area (Å²) in [5.41, 5.74) is 1.16. The summed E-state index contributed by atoms with van der Waals surface area (Å²) in [5, 5.41) is 2.85. The van der Waals surface area contributed by atoms with Crippen LogP contribution < -0.4 is 14.8 Å². The lowest BCUT2D eigenvalue weighted by Crippen LogP contribution is -2.32. The van der Waals surface area contributed by atoms with Gasteiger partial charge in [0.15, 0.2) is 0 Å². The van der Waals surface area contributed by atoms with Gasteiger partial charge in [-0.25, -0.2) is 13.1 Å². The molecule has 0 aliphatic rings. The minimum absolute atomic E-state index is 0.0634. The Bertz CT molecular complexity index is 848. The highest BCUT2D eigenvalue weighted by molar-refractivity contribution is 7.89. The van der Waals surface area contributed by atoms with Gasteiger partial charge in [-0.1, -0.05) is 25.1 Å². The van der Waals surface area contributed by atoms with E-state index in [9.17, 15) is 13.2 Å². The lowest BCUT2D eigenvalue weighted by molar-refractivity contribution is 0.0939. The third-order valence-electron chi connectivity index (χ3n) is 4.06. The van der Waals surface area contributed by atoms with E-state index in [1.54, 1.807) is 12.1 Å². The standard InChI is InChI=1S/C19H24N2O4S/c1-4-14(2)21-19(22)15-9-11-17(12-10-15)26(23,24)20-13-16-7-5-6-8-18(16)25-3/h5-12,14,20H,4,13H2,1-3H3,(H,21,22). The van der Waals surface area contributed by atoms with Crippen molar-refractivity contribution in [2.75, 3.05) is 7.11 Å². The molecule has 1 unspecified atom stereocenters. The molecule has 0 heterocycles. The quantitative estimate of drug-likeness (QED) is 0.742. The molecule has 26 heavy (non-hydrogen) atoms. The van der Waals surface area contributed by atoms with E-state index in [1.807, 2.05) is 26.0 Å². The van der Waals surface area contributed by atoms with Gasteiger partial charge < -0.3 is 10.1 Å². The number of rotatable bonds is 8. The number of methoxy groups -OCH3 is 1. The van der Waals surface area contributed by atoms with Crippen molar-refractivity contribution in [2.24, 2.45) is 0 Å². The minimum atomic E-state index is -3.69. The molecule has 0 aromatic heterocycles. The van der Waals surface area contributed by atoms with Crippen LogP contribution in [0.5, 0.6) is 5.75 Å². The largest absolute Gasteiger partial charge is 0.496 e. The Morgan fingerprint density at radius 3 is 2.38 bits per heavy atom. The van der Waals surface area contributed by atoms with Crippen molar-refractivity contribution < 1.29 is 17.9 Å². The van der Waals surface area contributed by atoms with E-state index in [2.05, 4.69) is 10.0 Å². The van der Waals surface area contributed by atoms with Crippen molar-refractivity contribution in [1.29, 1.82) is 0 Å². The Balaban J connectivity index is 2.08. The maximum Gasteiger partial charge on any atom is 0.251 e. The summed E-state index contributed by atoms with van der Waals surface area (Å²) in [6.07, 6.45) is 0.824. The Labute approximate surface area is 154 Å². The van der Waals surface area contributed by atoms with Gasteiger partial charge in [-0.05, 0) is 43.7 Å². The van der Waals surface area contributed by atoms with Crippen LogP contribution in [-0.4, -0.2) is 27.5 Å². The van der Waals surface area contributed by atoms with Crippen molar-refractivity contribution in [2.45, 2.75) is 37.8 Å². The molecule has 0 bridgehead atoms. The molecule has 7 heteroatoms. The van der Waals surface area contributed by atoms with Crippen LogP contribution in [0.15, 0.2) is 53.4 Å². The first-order chi connectivity index (χ1) is 12.4. The lowest BCUT2D eigenvalue weighted by atomic mass is 10.2. The first-order valence-corrected chi connectivity index (χ1v) is 9.88. The van der Waals surface area contributed by atoms with Crippen molar-refractivity contribution in [3.8, 4) is 5.75 Å². The van der Waals surface area contributed by atoms with Gasteiger partial charge in [-0.15, -0.1) is 0 Å². The molecule has 1 amide bonds. The van der Waals surface area contributed by atoms with Crippen LogP contribution in [0.1, 0.15) is 36.2 Å². The number of ether oxygens (including phenoxy) is 1. The minimum Gasteiger partial charge on any atom is -0.496 e. The number of amides is 1. The van der Waals surface area contributed by atoms with Crippen LogP contribution in [0.25, 0.3) is 0 Å². The number of benzene rings is 2. The number of carbonyl (C=O) groups is 1. The fourth-order valence-corrected chi connectivity index (χ4v) is 3.31. The summed E-state index contributed by atoms with van der Waals surface area (Å²) in [6.45, 7) is 4.01. The van der Waals surface area contributed by atoms with Gasteiger partial charge in [0, 0.05) is 23.7 Å². The molecule has 0 saturated carbocycles. The van der Waals surface area contributed by atoms with E-state index < -0.39 is 10.0 Å². The molecule has 2 aromatic carbocycles. The van der Waals surface area contributed by atoms with Crippen LogP contribution >= 0.6 is 0 Å². The van der Waals surface area contributed by atoms with Crippen molar-refractivity contribution in [3.05, 3.63) is 59.7 Å². The first-order valence-electron chi connectivity index (χ1n) is 8.40. The average molecular weight is 376 g/mol. The SMILES string of the molecule is CCC(C)NC(=O)c1ccc(S(=O)(=O)NCc2ccccc2OC)cc1. The van der Waals surface area contributed by atoms with E-state index in [0.29, 0.717) is 11.3 Å². The number of sulfonamides is 1. The summed E-state index contributed by atoms with van der Waals surface area (Å²) in [7, 11) is -2.15. The topological polar surface area (TPSA) is 84.5 Å². The molecule has 0 saturated heterocycles. The molecule has 0 spiro atoms. The smallest absolute Gasteiger partial charge is 0.251 e. The van der Waals surface area contributed by atoms with Crippen molar-refractivity contribution in [3.63, 3.8) is 0 Å². The average Bonchev–Trinajstić information content (AvgIpc) is 2.66. The third kappa shape index (κ3) is 5.06. The molecular formula is C19H24N2O4S. The Hall–Kier alpha value is -2.38. The van der Waals surface area contributed by atoms with E-state index in [-0.39, 0.29) is 23.4 Å². The molecule has 0 fully saturated rings. The predicted octanol–water partition coefficient (Wildman–Crippen LogP) is 2.70. The van der Waals surface area contributed by atoms with Crippen LogP contribution in [0.4, 0.5) is 0 Å². The summed E-state index contributed by atoms with van der Waals surface area (Å²) in [5.74, 6) is 0.401. The summed E-state index contributed by atoms with van der Waals surface area (Å²) >= 11 is 0. The monoisotopic (exact) mass is 376 g/mol. The van der Waals surface area contributed by atoms with Gasteiger partial charge in [-0.2, -0.15) is 0 Å². The zero-order chi connectivity index (χ0) is 19.2. The zero-order valence-electron chi connectivity index (χ0n) is 15.2. The summed E-state index contributed by atoms with van der Waals surface area (Å²) in [6, 6.07) is 13.1. The highest BCUT2D eigenvalue weighted by Crippen LogP contribution is 2.18.